The zero-order chi connectivity index (χ0) is 11.3. The average molecular weight is 234 g/mol. The molecule has 2 N–H and O–H groups in total. The Balaban J connectivity index is 1.91. The van der Waals surface area contributed by atoms with Crippen LogP contribution in [0.25, 0.3) is 0 Å². The molecular formula is C10H22N2O2S. The minimum atomic E-state index is -3.01. The Kier molecular flexibility index (Phi) is 5.02. The maximum Gasteiger partial charge on any atom is 0.208 e. The third kappa shape index (κ3) is 7.76. The Morgan fingerprint density at radius 3 is 2.53 bits per heavy atom. The van der Waals surface area contributed by atoms with Gasteiger partial charge in [-0.2, -0.15) is 0 Å². The van der Waals surface area contributed by atoms with Crippen molar-refractivity contribution in [1.82, 2.24) is 10.0 Å². The van der Waals surface area contributed by atoms with Gasteiger partial charge in [-0.05, 0) is 32.2 Å². The van der Waals surface area contributed by atoms with Crippen LogP contribution < -0.4 is 10.0 Å². The normalized spacial score (nSPS) is 19.1. The molecule has 1 atom stereocenters. The van der Waals surface area contributed by atoms with E-state index in [1.165, 1.54) is 25.5 Å². The molecule has 4 nitrogen and oxygen atoms in total. The summed E-state index contributed by atoms with van der Waals surface area (Å²) in [6.07, 6.45) is 6.08. The molecule has 0 amide bonds. The van der Waals surface area contributed by atoms with E-state index in [-0.39, 0.29) is 0 Å². The van der Waals surface area contributed by atoms with Gasteiger partial charge in [-0.15, -0.1) is 0 Å². The Labute approximate surface area is 92.9 Å². The monoisotopic (exact) mass is 234 g/mol. The number of rotatable bonds is 8. The summed E-state index contributed by atoms with van der Waals surface area (Å²) in [5.41, 5.74) is 0. The highest BCUT2D eigenvalue weighted by molar-refractivity contribution is 7.88. The molecule has 0 radical (unpaired) electrons. The summed E-state index contributed by atoms with van der Waals surface area (Å²) in [6, 6.07) is 0.565. The summed E-state index contributed by atoms with van der Waals surface area (Å²) in [6.45, 7) is 3.61. The van der Waals surface area contributed by atoms with Crippen LogP contribution in [-0.4, -0.2) is 33.8 Å². The largest absolute Gasteiger partial charge is 0.314 e. The number of hydrogen-bond acceptors (Lipinski definition) is 3. The van der Waals surface area contributed by atoms with Gasteiger partial charge in [0.05, 0.1) is 6.26 Å². The van der Waals surface area contributed by atoms with E-state index in [2.05, 4.69) is 17.0 Å². The number of hydrogen-bond donors (Lipinski definition) is 2. The van der Waals surface area contributed by atoms with E-state index in [0.29, 0.717) is 12.6 Å². The van der Waals surface area contributed by atoms with E-state index in [1.807, 2.05) is 0 Å². The smallest absolute Gasteiger partial charge is 0.208 e. The molecule has 15 heavy (non-hydrogen) atoms. The first-order valence-corrected chi connectivity index (χ1v) is 7.54. The average Bonchev–Trinajstić information content (AvgIpc) is 2.85. The summed E-state index contributed by atoms with van der Waals surface area (Å²) in [5, 5.41) is 3.41. The highest BCUT2D eigenvalue weighted by Gasteiger charge is 2.22. The van der Waals surface area contributed by atoms with Gasteiger partial charge in [-0.1, -0.05) is 12.8 Å². The Bertz CT molecular complexity index is 273. The summed E-state index contributed by atoms with van der Waals surface area (Å²) in [7, 11) is -3.01. The van der Waals surface area contributed by atoms with Gasteiger partial charge < -0.3 is 5.32 Å². The molecule has 1 rings (SSSR count). The molecule has 0 saturated heterocycles. The molecule has 1 saturated carbocycles. The van der Waals surface area contributed by atoms with Crippen LogP contribution in [0.4, 0.5) is 0 Å². The fourth-order valence-electron chi connectivity index (χ4n) is 1.63. The van der Waals surface area contributed by atoms with Crippen molar-refractivity contribution in [2.75, 3.05) is 19.3 Å². The van der Waals surface area contributed by atoms with Crippen molar-refractivity contribution >= 4 is 10.0 Å². The van der Waals surface area contributed by atoms with Crippen molar-refractivity contribution < 1.29 is 8.42 Å². The third-order valence-electron chi connectivity index (χ3n) is 2.59. The van der Waals surface area contributed by atoms with Gasteiger partial charge in [0.2, 0.25) is 10.0 Å². The Hall–Kier alpha value is -0.130. The van der Waals surface area contributed by atoms with E-state index in [1.54, 1.807) is 0 Å². The van der Waals surface area contributed by atoms with Crippen LogP contribution in [0.2, 0.25) is 0 Å². The quantitative estimate of drug-likeness (QED) is 0.608. The van der Waals surface area contributed by atoms with Crippen LogP contribution in [0.15, 0.2) is 0 Å². The van der Waals surface area contributed by atoms with Gasteiger partial charge >= 0.3 is 0 Å². The molecule has 90 valence electrons. The van der Waals surface area contributed by atoms with Crippen LogP contribution in [0, 0.1) is 5.92 Å². The van der Waals surface area contributed by atoms with Gasteiger partial charge in [-0.25, -0.2) is 13.1 Å². The highest BCUT2D eigenvalue weighted by Crippen LogP contribution is 2.33. The fraction of sp³-hybridized carbons (Fsp3) is 1.00. The minimum Gasteiger partial charge on any atom is -0.314 e. The van der Waals surface area contributed by atoms with Crippen molar-refractivity contribution in [3.05, 3.63) is 0 Å². The molecule has 1 aliphatic rings. The third-order valence-corrected chi connectivity index (χ3v) is 3.32. The summed E-state index contributed by atoms with van der Waals surface area (Å²) >= 11 is 0. The molecule has 1 unspecified atom stereocenters. The zero-order valence-corrected chi connectivity index (χ0v) is 10.4. The lowest BCUT2D eigenvalue weighted by molar-refractivity contribution is 0.481. The second-order valence-electron chi connectivity index (χ2n) is 4.55. The zero-order valence-electron chi connectivity index (χ0n) is 9.62. The first kappa shape index (κ1) is 12.9. The molecule has 1 fully saturated rings. The molecule has 1 aliphatic carbocycles. The van der Waals surface area contributed by atoms with Gasteiger partial charge in [-0.3, -0.25) is 0 Å². The van der Waals surface area contributed by atoms with Crippen LogP contribution in [-0.2, 0) is 10.0 Å². The van der Waals surface area contributed by atoms with Crippen molar-refractivity contribution in [3.8, 4) is 0 Å². The minimum absolute atomic E-state index is 0.530. The molecule has 0 aliphatic heterocycles. The summed E-state index contributed by atoms with van der Waals surface area (Å²) in [4.78, 5) is 0. The molecule has 0 heterocycles. The van der Waals surface area contributed by atoms with Gasteiger partial charge in [0.1, 0.15) is 0 Å². The molecule has 0 bridgehead atoms. The first-order valence-electron chi connectivity index (χ1n) is 5.65. The second kappa shape index (κ2) is 5.82. The summed E-state index contributed by atoms with van der Waals surface area (Å²) in [5.74, 6) is 0.946. The fourth-order valence-corrected chi connectivity index (χ4v) is 2.15. The van der Waals surface area contributed by atoms with E-state index in [4.69, 9.17) is 0 Å². The maximum absolute atomic E-state index is 10.8. The van der Waals surface area contributed by atoms with Crippen molar-refractivity contribution in [3.63, 3.8) is 0 Å². The van der Waals surface area contributed by atoms with E-state index < -0.39 is 10.0 Å². The maximum atomic E-state index is 10.8. The SMILES string of the molecule is CC(CC1CC1)NCCCNS(C)(=O)=O. The lowest BCUT2D eigenvalue weighted by atomic mass is 10.1. The van der Waals surface area contributed by atoms with Gasteiger partial charge in [0.15, 0.2) is 0 Å². The van der Waals surface area contributed by atoms with E-state index in [9.17, 15) is 8.42 Å². The van der Waals surface area contributed by atoms with Gasteiger partial charge in [0, 0.05) is 12.6 Å². The molecule has 0 aromatic rings. The first-order chi connectivity index (χ1) is 6.97. The van der Waals surface area contributed by atoms with E-state index in [0.717, 1.165) is 18.9 Å². The van der Waals surface area contributed by atoms with Crippen LogP contribution in [0.1, 0.15) is 32.6 Å². The highest BCUT2D eigenvalue weighted by atomic mass is 32.2. The predicted molar refractivity (Wildman–Crippen MR) is 62.3 cm³/mol. The molecule has 0 aromatic carbocycles. The molecule has 5 heteroatoms. The predicted octanol–water partition coefficient (Wildman–Crippen LogP) is 0.704. The number of sulfonamides is 1. The Morgan fingerprint density at radius 1 is 1.33 bits per heavy atom. The van der Waals surface area contributed by atoms with Crippen molar-refractivity contribution in [2.45, 2.75) is 38.6 Å². The number of nitrogens with one attached hydrogen (secondary N) is 2. The van der Waals surface area contributed by atoms with Crippen LogP contribution in [0.3, 0.4) is 0 Å². The lowest BCUT2D eigenvalue weighted by Crippen LogP contribution is -2.30. The van der Waals surface area contributed by atoms with Crippen molar-refractivity contribution in [2.24, 2.45) is 5.92 Å². The molecule has 0 spiro atoms. The van der Waals surface area contributed by atoms with E-state index >= 15 is 0 Å². The molecule has 0 aromatic heterocycles. The van der Waals surface area contributed by atoms with Crippen molar-refractivity contribution in [1.29, 1.82) is 0 Å². The Morgan fingerprint density at radius 2 is 2.00 bits per heavy atom. The second-order valence-corrected chi connectivity index (χ2v) is 6.39. The van der Waals surface area contributed by atoms with Gasteiger partial charge in [0.25, 0.3) is 0 Å². The van der Waals surface area contributed by atoms with Crippen LogP contribution in [0.5, 0.6) is 0 Å². The van der Waals surface area contributed by atoms with Crippen LogP contribution >= 0.6 is 0 Å². The standard InChI is InChI=1S/C10H22N2O2S/c1-9(8-10-4-5-10)11-6-3-7-12-15(2,13)14/h9-12H,3-8H2,1-2H3. The topological polar surface area (TPSA) is 58.2 Å². The lowest BCUT2D eigenvalue weighted by Gasteiger charge is -2.12. The summed E-state index contributed by atoms with van der Waals surface area (Å²) < 4.78 is 24.0. The molecular weight excluding hydrogens is 212 g/mol.